The van der Waals surface area contributed by atoms with Gasteiger partial charge in [-0.05, 0) is 24.0 Å². The van der Waals surface area contributed by atoms with Crippen LogP contribution in [0.3, 0.4) is 0 Å². The Hall–Kier alpha value is -0.660. The monoisotopic (exact) mass is 344 g/mol. The van der Waals surface area contributed by atoms with Crippen molar-refractivity contribution in [3.63, 3.8) is 0 Å². The molecule has 0 heterocycles. The number of ether oxygens (including phenoxy) is 1. The number of thioether (sulfide) groups is 1. The Kier molecular flexibility index (Phi) is 5.97. The molecule has 0 aliphatic heterocycles. The fraction of sp³-hybridized carbons (Fsp3) is 0.333. The number of methoxy groups -OCH3 is 1. The molecule has 0 bridgehead atoms. The van der Waals surface area contributed by atoms with Crippen molar-refractivity contribution in [1.29, 1.82) is 0 Å². The Morgan fingerprint density at radius 3 is 2.35 bits per heavy atom. The van der Waals surface area contributed by atoms with Crippen LogP contribution in [0.5, 0.6) is 5.75 Å². The Labute approximate surface area is 126 Å². The second-order valence-electron chi connectivity index (χ2n) is 3.67. The molecule has 1 aromatic rings. The molecular weight excluding hydrogens is 333 g/mol. The fourth-order valence-electron chi connectivity index (χ4n) is 1.58. The molecule has 20 heavy (non-hydrogen) atoms. The molecule has 0 aliphatic rings. The molecule has 1 aromatic carbocycles. The van der Waals surface area contributed by atoms with E-state index in [2.05, 4.69) is 0 Å². The van der Waals surface area contributed by atoms with E-state index < -0.39 is 22.5 Å². The quantitative estimate of drug-likeness (QED) is 0.813. The van der Waals surface area contributed by atoms with Crippen molar-refractivity contribution in [2.24, 2.45) is 0 Å². The van der Waals surface area contributed by atoms with Crippen molar-refractivity contribution >= 4 is 39.7 Å². The number of rotatable bonds is 4. The number of alkyl halides is 3. The standard InChI is InChI=1S/C12H12ClF3O2S2/c1-18-9-5-4-7(6-8(9)13)10(12(14,15)16)11(19-2)20(3)17/h4-6H,1-3H3/b11-10+. The van der Waals surface area contributed by atoms with Gasteiger partial charge in [0, 0.05) is 6.26 Å². The van der Waals surface area contributed by atoms with E-state index >= 15 is 0 Å². The molecule has 1 rings (SSSR count). The van der Waals surface area contributed by atoms with Crippen LogP contribution in [-0.2, 0) is 10.8 Å². The summed E-state index contributed by atoms with van der Waals surface area (Å²) in [5, 5.41) is 0.0640. The van der Waals surface area contributed by atoms with E-state index in [1.54, 1.807) is 0 Å². The maximum atomic E-state index is 13.2. The molecular formula is C12H12ClF3O2S2. The predicted octanol–water partition coefficient (Wildman–Crippen LogP) is 4.32. The van der Waals surface area contributed by atoms with Crippen molar-refractivity contribution in [2.75, 3.05) is 19.6 Å². The van der Waals surface area contributed by atoms with Crippen molar-refractivity contribution in [3.05, 3.63) is 33.0 Å². The first kappa shape index (κ1) is 17.4. The van der Waals surface area contributed by atoms with Crippen LogP contribution in [0, 0.1) is 0 Å². The Balaban J connectivity index is 3.55. The summed E-state index contributed by atoms with van der Waals surface area (Å²) in [7, 11) is -0.375. The van der Waals surface area contributed by atoms with Crippen LogP contribution in [0.1, 0.15) is 5.56 Å². The van der Waals surface area contributed by atoms with E-state index in [4.69, 9.17) is 16.3 Å². The van der Waals surface area contributed by atoms with E-state index in [0.717, 1.165) is 17.8 Å². The molecule has 0 saturated carbocycles. The zero-order valence-corrected chi connectivity index (χ0v) is 13.3. The predicted molar refractivity (Wildman–Crippen MR) is 78.6 cm³/mol. The maximum absolute atomic E-state index is 13.2. The first-order valence-corrected chi connectivity index (χ1v) is 8.41. The lowest BCUT2D eigenvalue weighted by Gasteiger charge is -2.16. The third-order valence-corrected chi connectivity index (χ3v) is 5.18. The summed E-state index contributed by atoms with van der Waals surface area (Å²) < 4.78 is 55.9. The van der Waals surface area contributed by atoms with Gasteiger partial charge < -0.3 is 4.74 Å². The molecule has 1 unspecified atom stereocenters. The summed E-state index contributed by atoms with van der Waals surface area (Å²) in [6.45, 7) is 0. The first-order chi connectivity index (χ1) is 9.22. The van der Waals surface area contributed by atoms with E-state index in [9.17, 15) is 17.4 Å². The first-order valence-electron chi connectivity index (χ1n) is 5.25. The number of allylic oxidation sites excluding steroid dienone is 1. The molecule has 2 nitrogen and oxygen atoms in total. The van der Waals surface area contributed by atoms with E-state index in [0.29, 0.717) is 0 Å². The lowest BCUT2D eigenvalue weighted by atomic mass is 10.1. The van der Waals surface area contributed by atoms with Crippen LogP contribution < -0.4 is 4.74 Å². The average Bonchev–Trinajstić information content (AvgIpc) is 2.33. The summed E-state index contributed by atoms with van der Waals surface area (Å²) in [4.78, 5) is 0. The summed E-state index contributed by atoms with van der Waals surface area (Å²) >= 11 is 6.66. The van der Waals surface area contributed by atoms with Crippen molar-refractivity contribution in [3.8, 4) is 5.75 Å². The number of halogens is 4. The minimum Gasteiger partial charge on any atom is -0.495 e. The molecule has 0 aliphatic carbocycles. The van der Waals surface area contributed by atoms with E-state index in [1.807, 2.05) is 0 Å². The van der Waals surface area contributed by atoms with Gasteiger partial charge in [-0.1, -0.05) is 17.7 Å². The Morgan fingerprint density at radius 1 is 1.40 bits per heavy atom. The highest BCUT2D eigenvalue weighted by Crippen LogP contribution is 2.42. The minimum absolute atomic E-state index is 0.0640. The van der Waals surface area contributed by atoms with Gasteiger partial charge in [-0.2, -0.15) is 13.2 Å². The lowest BCUT2D eigenvalue weighted by molar-refractivity contribution is -0.0689. The molecule has 8 heteroatoms. The fourth-order valence-corrected chi connectivity index (χ4v) is 3.74. The summed E-state index contributed by atoms with van der Waals surface area (Å²) in [5.74, 6) is 0.278. The van der Waals surface area contributed by atoms with Gasteiger partial charge in [-0.3, -0.25) is 4.21 Å². The van der Waals surface area contributed by atoms with Crippen molar-refractivity contribution in [1.82, 2.24) is 0 Å². The zero-order chi connectivity index (χ0) is 15.5. The molecule has 112 valence electrons. The van der Waals surface area contributed by atoms with Crippen LogP contribution in [-0.4, -0.2) is 30.0 Å². The molecule has 0 fully saturated rings. The number of benzene rings is 1. The van der Waals surface area contributed by atoms with Gasteiger partial charge >= 0.3 is 6.18 Å². The number of hydrogen-bond acceptors (Lipinski definition) is 3. The highest BCUT2D eigenvalue weighted by molar-refractivity contribution is 8.16. The van der Waals surface area contributed by atoms with Gasteiger partial charge in [0.05, 0.1) is 32.7 Å². The normalized spacial score (nSPS) is 14.8. The van der Waals surface area contributed by atoms with Crippen LogP contribution in [0.15, 0.2) is 22.4 Å². The highest BCUT2D eigenvalue weighted by atomic mass is 35.5. The molecule has 0 radical (unpaired) electrons. The van der Waals surface area contributed by atoms with Crippen molar-refractivity contribution in [2.45, 2.75) is 6.18 Å². The van der Waals surface area contributed by atoms with Crippen LogP contribution >= 0.6 is 23.4 Å². The van der Waals surface area contributed by atoms with Gasteiger partial charge in [-0.25, -0.2) is 0 Å². The van der Waals surface area contributed by atoms with Gasteiger partial charge in [0.25, 0.3) is 0 Å². The topological polar surface area (TPSA) is 26.3 Å². The maximum Gasteiger partial charge on any atom is 0.418 e. The molecule has 0 saturated heterocycles. The smallest absolute Gasteiger partial charge is 0.418 e. The van der Waals surface area contributed by atoms with Gasteiger partial charge in [0.2, 0.25) is 0 Å². The van der Waals surface area contributed by atoms with Gasteiger partial charge in [-0.15, -0.1) is 11.8 Å². The molecule has 0 aromatic heterocycles. The van der Waals surface area contributed by atoms with E-state index in [1.165, 1.54) is 31.8 Å². The molecule has 1 atom stereocenters. The summed E-state index contributed by atoms with van der Waals surface area (Å²) in [6.07, 6.45) is -1.96. The Morgan fingerprint density at radius 2 is 2.00 bits per heavy atom. The minimum atomic E-state index is -4.62. The van der Waals surface area contributed by atoms with Gasteiger partial charge in [0.1, 0.15) is 5.75 Å². The molecule has 0 spiro atoms. The average molecular weight is 345 g/mol. The van der Waals surface area contributed by atoms with Crippen LogP contribution in [0.4, 0.5) is 13.2 Å². The highest BCUT2D eigenvalue weighted by Gasteiger charge is 2.38. The third-order valence-electron chi connectivity index (χ3n) is 2.37. The molecule has 0 amide bonds. The second-order valence-corrected chi connectivity index (χ2v) is 6.47. The van der Waals surface area contributed by atoms with E-state index in [-0.39, 0.29) is 20.6 Å². The largest absolute Gasteiger partial charge is 0.495 e. The third kappa shape index (κ3) is 3.93. The zero-order valence-electron chi connectivity index (χ0n) is 10.9. The summed E-state index contributed by atoms with van der Waals surface area (Å²) in [5.41, 5.74) is -1.07. The summed E-state index contributed by atoms with van der Waals surface area (Å²) in [6, 6.07) is 3.75. The van der Waals surface area contributed by atoms with Gasteiger partial charge in [0.15, 0.2) is 0 Å². The lowest BCUT2D eigenvalue weighted by Crippen LogP contribution is -2.14. The van der Waals surface area contributed by atoms with Crippen molar-refractivity contribution < 1.29 is 22.1 Å². The SMILES string of the molecule is COc1ccc(/C(=C(/SC)S(C)=O)C(F)(F)F)cc1Cl. The Bertz CT molecular complexity index is 556. The number of hydrogen-bond donors (Lipinski definition) is 0. The molecule has 0 N–H and O–H groups in total. The van der Waals surface area contributed by atoms with Crippen LogP contribution in [0.2, 0.25) is 5.02 Å². The van der Waals surface area contributed by atoms with Crippen LogP contribution in [0.25, 0.3) is 5.57 Å². The second kappa shape index (κ2) is 6.87.